The van der Waals surface area contributed by atoms with Gasteiger partial charge in [0.2, 0.25) is 5.91 Å². The van der Waals surface area contributed by atoms with Gasteiger partial charge in [0.05, 0.1) is 12.4 Å². The number of benzene rings is 1. The number of anilines is 1. The molecule has 0 bridgehead atoms. The lowest BCUT2D eigenvalue weighted by atomic mass is 10.3. The Morgan fingerprint density at radius 3 is 2.70 bits per heavy atom. The summed E-state index contributed by atoms with van der Waals surface area (Å²) in [4.78, 5) is 30.3. The van der Waals surface area contributed by atoms with Crippen molar-refractivity contribution < 1.29 is 9.53 Å². The first-order chi connectivity index (χ1) is 11.1. The molecule has 0 unspecified atom stereocenters. The number of amides is 1. The van der Waals surface area contributed by atoms with Gasteiger partial charge in [-0.05, 0) is 37.6 Å². The Morgan fingerprint density at radius 2 is 2.04 bits per heavy atom. The lowest BCUT2D eigenvalue weighted by molar-refractivity contribution is -0.113. The topological polar surface area (TPSA) is 84.1 Å². The summed E-state index contributed by atoms with van der Waals surface area (Å²) in [6, 6.07) is 8.63. The van der Waals surface area contributed by atoms with Crippen LogP contribution in [0.2, 0.25) is 0 Å². The SMILES string of the molecule is CCOc1ccc(NC(=O)CSc2nc(CC)cc(=O)[nH]2)cc1. The van der Waals surface area contributed by atoms with Crippen molar-refractivity contribution >= 4 is 23.4 Å². The molecule has 0 spiro atoms. The van der Waals surface area contributed by atoms with Crippen molar-refractivity contribution in [3.63, 3.8) is 0 Å². The van der Waals surface area contributed by atoms with Gasteiger partial charge in [-0.25, -0.2) is 4.98 Å². The number of hydrogen-bond donors (Lipinski definition) is 2. The first-order valence-corrected chi connectivity index (χ1v) is 8.35. The zero-order chi connectivity index (χ0) is 16.7. The van der Waals surface area contributed by atoms with Crippen molar-refractivity contribution in [2.24, 2.45) is 0 Å². The van der Waals surface area contributed by atoms with Gasteiger partial charge in [-0.1, -0.05) is 18.7 Å². The Kier molecular flexibility index (Phi) is 6.22. The maximum absolute atomic E-state index is 12.0. The van der Waals surface area contributed by atoms with Crippen LogP contribution in [-0.4, -0.2) is 28.2 Å². The van der Waals surface area contributed by atoms with Crippen LogP contribution in [-0.2, 0) is 11.2 Å². The molecule has 0 fully saturated rings. The fourth-order valence-electron chi connectivity index (χ4n) is 1.87. The van der Waals surface area contributed by atoms with Crippen LogP contribution in [0.4, 0.5) is 5.69 Å². The zero-order valence-corrected chi connectivity index (χ0v) is 13.9. The number of nitrogens with zero attached hydrogens (tertiary/aromatic N) is 1. The summed E-state index contributed by atoms with van der Waals surface area (Å²) < 4.78 is 5.35. The molecular weight excluding hydrogens is 314 g/mol. The number of aromatic amines is 1. The number of rotatable bonds is 7. The molecule has 6 nitrogen and oxygen atoms in total. The third kappa shape index (κ3) is 5.45. The van der Waals surface area contributed by atoms with Crippen LogP contribution in [0.3, 0.4) is 0 Å². The van der Waals surface area contributed by atoms with Crippen LogP contribution in [0.5, 0.6) is 5.75 Å². The van der Waals surface area contributed by atoms with Gasteiger partial charge in [0, 0.05) is 17.4 Å². The molecule has 1 heterocycles. The second-order valence-electron chi connectivity index (χ2n) is 4.69. The lowest BCUT2D eigenvalue weighted by Crippen LogP contribution is -2.15. The minimum atomic E-state index is -0.203. The molecule has 1 aromatic heterocycles. The van der Waals surface area contributed by atoms with Gasteiger partial charge in [0.25, 0.3) is 5.56 Å². The van der Waals surface area contributed by atoms with E-state index in [1.165, 1.54) is 17.8 Å². The maximum atomic E-state index is 12.0. The summed E-state index contributed by atoms with van der Waals surface area (Å²) in [5, 5.41) is 3.24. The van der Waals surface area contributed by atoms with Crippen molar-refractivity contribution in [2.45, 2.75) is 25.4 Å². The van der Waals surface area contributed by atoms with E-state index in [0.717, 1.165) is 5.75 Å². The van der Waals surface area contributed by atoms with Crippen LogP contribution in [0.25, 0.3) is 0 Å². The molecule has 1 aromatic carbocycles. The van der Waals surface area contributed by atoms with E-state index >= 15 is 0 Å². The minimum Gasteiger partial charge on any atom is -0.494 e. The molecule has 23 heavy (non-hydrogen) atoms. The van der Waals surface area contributed by atoms with Gasteiger partial charge in [-0.2, -0.15) is 0 Å². The third-order valence-electron chi connectivity index (χ3n) is 2.92. The van der Waals surface area contributed by atoms with Crippen molar-refractivity contribution in [1.82, 2.24) is 9.97 Å². The number of carbonyl (C=O) groups is 1. The molecule has 2 N–H and O–H groups in total. The third-order valence-corrected chi connectivity index (χ3v) is 3.80. The van der Waals surface area contributed by atoms with Crippen LogP contribution in [0.15, 0.2) is 40.3 Å². The summed E-state index contributed by atoms with van der Waals surface area (Å²) in [6.45, 7) is 4.44. The predicted molar refractivity (Wildman–Crippen MR) is 91.2 cm³/mol. The quantitative estimate of drug-likeness (QED) is 0.601. The number of aryl methyl sites for hydroxylation is 1. The highest BCUT2D eigenvalue weighted by Crippen LogP contribution is 2.17. The number of carbonyl (C=O) groups excluding carboxylic acids is 1. The van der Waals surface area contributed by atoms with Crippen LogP contribution >= 0.6 is 11.8 Å². The molecule has 0 atom stereocenters. The van der Waals surface area contributed by atoms with Crippen molar-refractivity contribution in [3.8, 4) is 5.75 Å². The van der Waals surface area contributed by atoms with Gasteiger partial charge in [0.15, 0.2) is 5.16 Å². The number of hydrogen-bond acceptors (Lipinski definition) is 5. The van der Waals surface area contributed by atoms with Crippen LogP contribution in [0, 0.1) is 0 Å². The Morgan fingerprint density at radius 1 is 1.30 bits per heavy atom. The summed E-state index contributed by atoms with van der Waals surface area (Å²) >= 11 is 1.20. The number of aromatic nitrogens is 2. The average molecular weight is 333 g/mol. The maximum Gasteiger partial charge on any atom is 0.251 e. The van der Waals surface area contributed by atoms with Gasteiger partial charge < -0.3 is 15.0 Å². The number of H-pyrrole nitrogens is 1. The Hall–Kier alpha value is -2.28. The average Bonchev–Trinajstić information content (AvgIpc) is 2.54. The molecule has 0 saturated carbocycles. The summed E-state index contributed by atoms with van der Waals surface area (Å²) in [7, 11) is 0. The molecule has 2 aromatic rings. The highest BCUT2D eigenvalue weighted by atomic mass is 32.2. The zero-order valence-electron chi connectivity index (χ0n) is 13.1. The molecule has 0 saturated heterocycles. The number of thioether (sulfide) groups is 1. The number of nitrogens with one attached hydrogen (secondary N) is 2. The first kappa shape index (κ1) is 17.1. The van der Waals surface area contributed by atoms with E-state index in [2.05, 4.69) is 15.3 Å². The Bertz CT molecular complexity index is 713. The molecule has 2 rings (SSSR count). The van der Waals surface area contributed by atoms with E-state index < -0.39 is 0 Å². The highest BCUT2D eigenvalue weighted by Gasteiger charge is 2.07. The molecule has 0 radical (unpaired) electrons. The molecule has 7 heteroatoms. The smallest absolute Gasteiger partial charge is 0.251 e. The largest absolute Gasteiger partial charge is 0.494 e. The van der Waals surface area contributed by atoms with E-state index in [4.69, 9.17) is 4.74 Å². The summed E-state index contributed by atoms with van der Waals surface area (Å²) in [5.74, 6) is 0.769. The van der Waals surface area contributed by atoms with Crippen molar-refractivity contribution in [2.75, 3.05) is 17.7 Å². The van der Waals surface area contributed by atoms with Crippen LogP contribution in [0.1, 0.15) is 19.5 Å². The molecule has 1 amide bonds. The normalized spacial score (nSPS) is 10.3. The van der Waals surface area contributed by atoms with Crippen molar-refractivity contribution in [1.29, 1.82) is 0 Å². The van der Waals surface area contributed by atoms with Gasteiger partial charge in [0.1, 0.15) is 5.75 Å². The lowest BCUT2D eigenvalue weighted by Gasteiger charge is -2.07. The van der Waals surface area contributed by atoms with Gasteiger partial charge in [-0.15, -0.1) is 0 Å². The van der Waals surface area contributed by atoms with E-state index in [-0.39, 0.29) is 17.2 Å². The van der Waals surface area contributed by atoms with Crippen molar-refractivity contribution in [3.05, 3.63) is 46.4 Å². The summed E-state index contributed by atoms with van der Waals surface area (Å²) in [6.07, 6.45) is 0.676. The second-order valence-corrected chi connectivity index (χ2v) is 5.65. The Balaban J connectivity index is 1.89. The van der Waals surface area contributed by atoms with Crippen LogP contribution < -0.4 is 15.6 Å². The van der Waals surface area contributed by atoms with E-state index in [1.807, 2.05) is 13.8 Å². The highest BCUT2D eigenvalue weighted by molar-refractivity contribution is 7.99. The first-order valence-electron chi connectivity index (χ1n) is 7.36. The van der Waals surface area contributed by atoms with Gasteiger partial charge in [-0.3, -0.25) is 9.59 Å². The van der Waals surface area contributed by atoms with E-state index in [9.17, 15) is 9.59 Å². The minimum absolute atomic E-state index is 0.163. The fraction of sp³-hybridized carbons (Fsp3) is 0.312. The molecule has 122 valence electrons. The molecule has 0 aliphatic rings. The second kappa shape index (κ2) is 8.38. The standard InChI is InChI=1S/C16H19N3O3S/c1-3-11-9-14(20)19-16(18-11)23-10-15(21)17-12-5-7-13(8-6-12)22-4-2/h5-9H,3-4,10H2,1-2H3,(H,17,21)(H,18,19,20). The van der Waals surface area contributed by atoms with E-state index in [0.29, 0.717) is 29.6 Å². The van der Waals surface area contributed by atoms with E-state index in [1.54, 1.807) is 24.3 Å². The predicted octanol–water partition coefficient (Wildman–Crippen LogP) is 2.46. The number of ether oxygens (including phenoxy) is 1. The van der Waals surface area contributed by atoms with Gasteiger partial charge >= 0.3 is 0 Å². The summed E-state index contributed by atoms with van der Waals surface area (Å²) in [5.41, 5.74) is 1.21. The molecule has 0 aliphatic carbocycles. The Labute approximate surface area is 138 Å². The monoisotopic (exact) mass is 333 g/mol. The fourth-order valence-corrected chi connectivity index (χ4v) is 2.56. The molecular formula is C16H19N3O3S. The molecule has 0 aliphatic heterocycles.